The number of carbonyl (C=O) groups excluding carboxylic acids is 2. The molecule has 1 aliphatic rings. The first kappa shape index (κ1) is 35.1. The SMILES string of the molecule is Cc1ccc(Cl)cc1N(CCCC(=O)N(Cc1ccc(Cl)cc1Cl)[C@H](Cc1ccccc1)C(=O)NC1CCCCC1)S(C)(=O)=O. The van der Waals surface area contributed by atoms with Crippen molar-refractivity contribution in [1.29, 1.82) is 0 Å². The van der Waals surface area contributed by atoms with E-state index in [1.807, 2.05) is 37.3 Å². The molecule has 0 aliphatic heterocycles. The molecule has 7 nitrogen and oxygen atoms in total. The van der Waals surface area contributed by atoms with Crippen LogP contribution >= 0.6 is 34.8 Å². The van der Waals surface area contributed by atoms with Gasteiger partial charge < -0.3 is 10.2 Å². The zero-order valence-electron chi connectivity index (χ0n) is 25.6. The van der Waals surface area contributed by atoms with Crippen LogP contribution in [0.15, 0.2) is 66.7 Å². The maximum Gasteiger partial charge on any atom is 0.243 e. The summed E-state index contributed by atoms with van der Waals surface area (Å²) in [5, 5.41) is 4.50. The maximum atomic E-state index is 14.1. The van der Waals surface area contributed by atoms with Crippen LogP contribution in [0.4, 0.5) is 5.69 Å². The monoisotopic (exact) mass is 691 g/mol. The molecule has 2 amide bonds. The zero-order valence-corrected chi connectivity index (χ0v) is 28.7. The average molecular weight is 693 g/mol. The first-order valence-corrected chi connectivity index (χ1v) is 18.2. The van der Waals surface area contributed by atoms with Crippen LogP contribution in [0.2, 0.25) is 15.1 Å². The van der Waals surface area contributed by atoms with Gasteiger partial charge in [-0.3, -0.25) is 13.9 Å². The molecule has 0 saturated heterocycles. The summed E-state index contributed by atoms with van der Waals surface area (Å²) in [5.74, 6) is -0.492. The predicted octanol–water partition coefficient (Wildman–Crippen LogP) is 7.59. The Morgan fingerprint density at radius 1 is 0.933 bits per heavy atom. The van der Waals surface area contributed by atoms with E-state index in [2.05, 4.69) is 5.32 Å². The molecule has 4 rings (SSSR count). The molecule has 0 spiro atoms. The van der Waals surface area contributed by atoms with Gasteiger partial charge in [-0.25, -0.2) is 8.42 Å². The van der Waals surface area contributed by atoms with Gasteiger partial charge in [0.05, 0.1) is 11.9 Å². The number of aryl methyl sites for hydroxylation is 1. The van der Waals surface area contributed by atoms with Gasteiger partial charge in [-0.15, -0.1) is 0 Å². The fourth-order valence-electron chi connectivity index (χ4n) is 5.77. The van der Waals surface area contributed by atoms with Crippen molar-refractivity contribution in [1.82, 2.24) is 10.2 Å². The van der Waals surface area contributed by atoms with Crippen molar-refractivity contribution in [3.63, 3.8) is 0 Å². The number of anilines is 1. The highest BCUT2D eigenvalue weighted by atomic mass is 35.5. The summed E-state index contributed by atoms with van der Waals surface area (Å²) in [7, 11) is -3.66. The highest BCUT2D eigenvalue weighted by molar-refractivity contribution is 7.92. The second-order valence-corrected chi connectivity index (χ2v) is 14.9. The molecule has 0 heterocycles. The lowest BCUT2D eigenvalue weighted by molar-refractivity contribution is -0.141. The van der Waals surface area contributed by atoms with Crippen LogP contribution in [0.25, 0.3) is 0 Å². The van der Waals surface area contributed by atoms with Gasteiger partial charge in [-0.2, -0.15) is 0 Å². The van der Waals surface area contributed by atoms with Gasteiger partial charge in [-0.1, -0.05) is 96.5 Å². The van der Waals surface area contributed by atoms with E-state index in [-0.39, 0.29) is 43.8 Å². The maximum absolute atomic E-state index is 14.1. The number of halogens is 3. The van der Waals surface area contributed by atoms with E-state index in [1.54, 1.807) is 41.3 Å². The standard InChI is InChI=1S/C34H40Cl3N3O4S/c1-24-15-17-28(36)22-31(24)40(45(2,43)44)19-9-14-33(41)39(23-26-16-18-27(35)21-30(26)37)32(20-25-10-5-3-6-11-25)34(42)38-29-12-7-4-8-13-29/h3,5-6,10-11,15-18,21-22,29,32H,4,7-9,12-14,19-20,23H2,1-2H3,(H,38,42)/t32-/m1/s1. The number of benzene rings is 3. The van der Waals surface area contributed by atoms with Crippen LogP contribution in [-0.2, 0) is 32.6 Å². The van der Waals surface area contributed by atoms with Gasteiger partial charge >= 0.3 is 0 Å². The molecule has 45 heavy (non-hydrogen) atoms. The van der Waals surface area contributed by atoms with Gasteiger partial charge in [0.1, 0.15) is 6.04 Å². The van der Waals surface area contributed by atoms with E-state index in [4.69, 9.17) is 34.8 Å². The van der Waals surface area contributed by atoms with E-state index in [0.29, 0.717) is 32.7 Å². The van der Waals surface area contributed by atoms with Crippen molar-refractivity contribution in [2.24, 2.45) is 0 Å². The molecule has 1 fully saturated rings. The fraction of sp³-hybridized carbons (Fsp3) is 0.412. The first-order chi connectivity index (χ1) is 21.4. The molecule has 1 saturated carbocycles. The fourth-order valence-corrected chi connectivity index (χ4v) is 7.41. The molecule has 1 atom stereocenters. The number of nitrogens with one attached hydrogen (secondary N) is 1. The largest absolute Gasteiger partial charge is 0.352 e. The average Bonchev–Trinajstić information content (AvgIpc) is 2.99. The van der Waals surface area contributed by atoms with E-state index >= 15 is 0 Å². The molecular weight excluding hydrogens is 653 g/mol. The highest BCUT2D eigenvalue weighted by Crippen LogP contribution is 2.28. The number of sulfonamides is 1. The van der Waals surface area contributed by atoms with Gasteiger partial charge in [0, 0.05) is 47.0 Å². The van der Waals surface area contributed by atoms with Gasteiger partial charge in [0.25, 0.3) is 0 Å². The topological polar surface area (TPSA) is 86.8 Å². The summed E-state index contributed by atoms with van der Waals surface area (Å²) in [4.78, 5) is 29.7. The Morgan fingerprint density at radius 2 is 1.60 bits per heavy atom. The van der Waals surface area contributed by atoms with E-state index < -0.39 is 16.1 Å². The van der Waals surface area contributed by atoms with Crippen LogP contribution in [0, 0.1) is 6.92 Å². The van der Waals surface area contributed by atoms with Crippen molar-refractivity contribution in [3.05, 3.63) is 98.5 Å². The number of hydrogen-bond donors (Lipinski definition) is 1. The minimum Gasteiger partial charge on any atom is -0.352 e. The Hall–Kier alpha value is -2.78. The lowest BCUT2D eigenvalue weighted by Gasteiger charge is -2.34. The zero-order chi connectivity index (χ0) is 32.6. The van der Waals surface area contributed by atoms with Crippen molar-refractivity contribution in [2.45, 2.75) is 76.9 Å². The normalized spacial score (nSPS) is 14.5. The minimum absolute atomic E-state index is 0.0127. The van der Waals surface area contributed by atoms with Crippen molar-refractivity contribution in [3.8, 4) is 0 Å². The molecule has 3 aromatic carbocycles. The summed E-state index contributed by atoms with van der Waals surface area (Å²) < 4.78 is 26.9. The summed E-state index contributed by atoms with van der Waals surface area (Å²) in [6.07, 6.45) is 6.77. The second-order valence-electron chi connectivity index (χ2n) is 11.7. The molecule has 3 aromatic rings. The Balaban J connectivity index is 1.63. The van der Waals surface area contributed by atoms with Crippen LogP contribution in [0.5, 0.6) is 0 Å². The number of rotatable bonds is 13. The summed E-state index contributed by atoms with van der Waals surface area (Å²) in [6, 6.07) is 19.0. The number of nitrogens with zero attached hydrogens (tertiary/aromatic N) is 2. The minimum atomic E-state index is -3.66. The van der Waals surface area contributed by atoms with Crippen molar-refractivity contribution >= 4 is 62.3 Å². The predicted molar refractivity (Wildman–Crippen MR) is 184 cm³/mol. The van der Waals surface area contributed by atoms with E-state index in [9.17, 15) is 18.0 Å². The second kappa shape index (κ2) is 16.2. The molecule has 0 aromatic heterocycles. The van der Waals surface area contributed by atoms with Crippen LogP contribution in [-0.4, -0.2) is 50.0 Å². The smallest absolute Gasteiger partial charge is 0.243 e. The van der Waals surface area contributed by atoms with Gasteiger partial charge in [-0.05, 0) is 67.1 Å². The van der Waals surface area contributed by atoms with Crippen molar-refractivity contribution in [2.75, 3.05) is 17.1 Å². The van der Waals surface area contributed by atoms with Crippen LogP contribution in [0.1, 0.15) is 61.6 Å². The van der Waals surface area contributed by atoms with Crippen LogP contribution < -0.4 is 9.62 Å². The van der Waals surface area contributed by atoms with Crippen LogP contribution in [0.3, 0.4) is 0 Å². The number of hydrogen-bond acceptors (Lipinski definition) is 4. The third-order valence-electron chi connectivity index (χ3n) is 8.17. The summed E-state index contributed by atoms with van der Waals surface area (Å²) >= 11 is 18.9. The Bertz CT molecular complexity index is 1580. The van der Waals surface area contributed by atoms with E-state index in [0.717, 1.165) is 49.5 Å². The molecule has 0 radical (unpaired) electrons. The number of amides is 2. The Kier molecular flexibility index (Phi) is 12.6. The molecule has 0 bridgehead atoms. The van der Waals surface area contributed by atoms with E-state index in [1.165, 1.54) is 4.31 Å². The first-order valence-electron chi connectivity index (χ1n) is 15.2. The third-order valence-corrected chi connectivity index (χ3v) is 10.2. The summed E-state index contributed by atoms with van der Waals surface area (Å²) in [6.45, 7) is 1.97. The quantitative estimate of drug-likeness (QED) is 0.200. The lowest BCUT2D eigenvalue weighted by Crippen LogP contribution is -2.53. The molecule has 242 valence electrons. The third kappa shape index (κ3) is 10.1. The lowest BCUT2D eigenvalue weighted by atomic mass is 9.94. The molecule has 1 aliphatic carbocycles. The molecular formula is C34H40Cl3N3O4S. The van der Waals surface area contributed by atoms with Gasteiger partial charge in [0.2, 0.25) is 21.8 Å². The Morgan fingerprint density at radius 3 is 2.27 bits per heavy atom. The molecule has 1 N–H and O–H groups in total. The number of carbonyl (C=O) groups is 2. The van der Waals surface area contributed by atoms with Gasteiger partial charge in [0.15, 0.2) is 0 Å². The van der Waals surface area contributed by atoms with Crippen molar-refractivity contribution < 1.29 is 18.0 Å². The summed E-state index contributed by atoms with van der Waals surface area (Å²) in [5.41, 5.74) is 2.79. The highest BCUT2D eigenvalue weighted by Gasteiger charge is 2.32. The molecule has 0 unspecified atom stereocenters. The molecule has 11 heteroatoms. The Labute approximate surface area is 281 Å².